The normalized spacial score (nSPS) is 12.7. The standard InChI is InChI=1S/C16H23BrN2O7S/c1-10(2)8-13(15(20)19(3)6-7-25-27(22,23)24)12-9-11(17)4-5-14(12)26-16(18)21/h4-5,9-10,13H,6-8H2,1-3H3,(H2,18,21)(H,22,23,24)/t13-/m0/s1. The Bertz CT molecular complexity index is 783. The molecule has 1 atom stereocenters. The zero-order valence-electron chi connectivity index (χ0n) is 15.2. The third-order valence-electron chi connectivity index (χ3n) is 3.60. The minimum Gasteiger partial charge on any atom is -0.410 e. The molecule has 1 aromatic rings. The molecule has 0 radical (unpaired) electrons. The van der Waals surface area contributed by atoms with E-state index in [0.717, 1.165) is 0 Å². The van der Waals surface area contributed by atoms with Crippen LogP contribution < -0.4 is 10.5 Å². The number of nitrogens with two attached hydrogens (primary N) is 1. The summed E-state index contributed by atoms with van der Waals surface area (Å²) in [4.78, 5) is 25.4. The van der Waals surface area contributed by atoms with Crippen LogP contribution in [0, 0.1) is 5.92 Å². The second kappa shape index (κ2) is 10.0. The smallest absolute Gasteiger partial charge is 0.409 e. The minimum atomic E-state index is -4.58. The van der Waals surface area contributed by atoms with Gasteiger partial charge in [0, 0.05) is 23.6 Å². The van der Waals surface area contributed by atoms with Gasteiger partial charge in [-0.1, -0.05) is 29.8 Å². The van der Waals surface area contributed by atoms with E-state index in [1.54, 1.807) is 12.1 Å². The molecule has 0 fully saturated rings. The number of hydrogen-bond acceptors (Lipinski definition) is 6. The van der Waals surface area contributed by atoms with Crippen molar-refractivity contribution in [2.24, 2.45) is 11.7 Å². The summed E-state index contributed by atoms with van der Waals surface area (Å²) in [5.41, 5.74) is 5.59. The second-order valence-corrected chi connectivity index (χ2v) is 8.30. The number of halogens is 1. The van der Waals surface area contributed by atoms with Gasteiger partial charge in [-0.3, -0.25) is 9.35 Å². The van der Waals surface area contributed by atoms with E-state index in [0.29, 0.717) is 16.5 Å². The fourth-order valence-corrected chi connectivity index (χ4v) is 3.14. The van der Waals surface area contributed by atoms with Crippen LogP contribution in [0.1, 0.15) is 31.7 Å². The molecule has 0 unspecified atom stereocenters. The Morgan fingerprint density at radius 1 is 1.33 bits per heavy atom. The average molecular weight is 467 g/mol. The van der Waals surface area contributed by atoms with Gasteiger partial charge in [-0.05, 0) is 30.5 Å². The van der Waals surface area contributed by atoms with E-state index in [1.165, 1.54) is 18.0 Å². The molecule has 0 saturated carbocycles. The summed E-state index contributed by atoms with van der Waals surface area (Å²) in [6.45, 7) is 3.43. The topological polar surface area (TPSA) is 136 Å². The lowest BCUT2D eigenvalue weighted by Gasteiger charge is -2.26. The first-order valence-corrected chi connectivity index (χ1v) is 10.2. The summed E-state index contributed by atoms with van der Waals surface area (Å²) in [7, 11) is -3.10. The van der Waals surface area contributed by atoms with Gasteiger partial charge in [0.05, 0.1) is 12.5 Å². The number of amides is 2. The third kappa shape index (κ3) is 8.24. The van der Waals surface area contributed by atoms with Gasteiger partial charge in [0.25, 0.3) is 0 Å². The van der Waals surface area contributed by atoms with Crippen molar-refractivity contribution in [2.75, 3.05) is 20.2 Å². The third-order valence-corrected chi connectivity index (χ3v) is 4.56. The monoisotopic (exact) mass is 466 g/mol. The Hall–Kier alpha value is -1.69. The number of nitrogens with zero attached hydrogens (tertiary/aromatic N) is 1. The number of rotatable bonds is 9. The summed E-state index contributed by atoms with van der Waals surface area (Å²) >= 11 is 3.34. The predicted molar refractivity (Wildman–Crippen MR) is 102 cm³/mol. The minimum absolute atomic E-state index is 0.0623. The Balaban J connectivity index is 3.12. The van der Waals surface area contributed by atoms with Gasteiger partial charge in [0.15, 0.2) is 0 Å². The number of likely N-dealkylation sites (N-methyl/N-ethyl adjacent to an activating group) is 1. The summed E-state index contributed by atoms with van der Waals surface area (Å²) in [6, 6.07) is 4.86. The molecular formula is C16H23BrN2O7S. The maximum absolute atomic E-state index is 13.0. The highest BCUT2D eigenvalue weighted by atomic mass is 79.9. The first kappa shape index (κ1) is 23.3. The van der Waals surface area contributed by atoms with Gasteiger partial charge in [0.1, 0.15) is 5.75 Å². The Labute approximate surface area is 166 Å². The quantitative estimate of drug-likeness (QED) is 0.532. The summed E-state index contributed by atoms with van der Waals surface area (Å²) in [5.74, 6) is -0.670. The van der Waals surface area contributed by atoms with E-state index in [-0.39, 0.29) is 24.1 Å². The van der Waals surface area contributed by atoms with Crippen LogP contribution in [0.3, 0.4) is 0 Å². The number of carbonyl (C=O) groups excluding carboxylic acids is 2. The fourth-order valence-electron chi connectivity index (χ4n) is 2.48. The Morgan fingerprint density at radius 2 is 1.96 bits per heavy atom. The number of primary amides is 1. The maximum Gasteiger partial charge on any atom is 0.409 e. The van der Waals surface area contributed by atoms with Crippen LogP contribution in [0.4, 0.5) is 4.79 Å². The maximum atomic E-state index is 13.0. The zero-order chi connectivity index (χ0) is 20.8. The lowest BCUT2D eigenvalue weighted by molar-refractivity contribution is -0.132. The molecule has 9 nitrogen and oxygen atoms in total. The molecule has 3 N–H and O–H groups in total. The highest BCUT2D eigenvalue weighted by molar-refractivity contribution is 9.10. The Kier molecular flexibility index (Phi) is 8.66. The van der Waals surface area contributed by atoms with Crippen molar-refractivity contribution < 1.29 is 31.5 Å². The predicted octanol–water partition coefficient (Wildman–Crippen LogP) is 2.31. The SMILES string of the molecule is CC(C)C[C@H](C(=O)N(C)CCOS(=O)(=O)O)c1cc(Br)ccc1OC(N)=O. The molecule has 2 amide bonds. The van der Waals surface area contributed by atoms with Crippen LogP contribution in [0.5, 0.6) is 5.75 Å². The van der Waals surface area contributed by atoms with Crippen molar-refractivity contribution in [2.45, 2.75) is 26.2 Å². The van der Waals surface area contributed by atoms with Crippen LogP contribution in [0.2, 0.25) is 0 Å². The van der Waals surface area contributed by atoms with E-state index in [9.17, 15) is 18.0 Å². The largest absolute Gasteiger partial charge is 0.410 e. The van der Waals surface area contributed by atoms with Crippen LogP contribution >= 0.6 is 15.9 Å². The lowest BCUT2D eigenvalue weighted by Crippen LogP contribution is -2.35. The summed E-state index contributed by atoms with van der Waals surface area (Å²) in [5, 5.41) is 0. The van der Waals surface area contributed by atoms with Gasteiger partial charge >= 0.3 is 16.5 Å². The molecule has 0 bridgehead atoms. The van der Waals surface area contributed by atoms with E-state index < -0.39 is 29.0 Å². The van der Waals surface area contributed by atoms with Crippen molar-refractivity contribution >= 4 is 38.3 Å². The molecule has 152 valence electrons. The molecule has 0 aromatic heterocycles. The summed E-state index contributed by atoms with van der Waals surface area (Å²) in [6.07, 6.45) is -0.544. The van der Waals surface area contributed by atoms with Crippen molar-refractivity contribution in [1.82, 2.24) is 4.90 Å². The van der Waals surface area contributed by atoms with Crippen molar-refractivity contribution in [3.05, 3.63) is 28.2 Å². The molecule has 0 spiro atoms. The number of benzene rings is 1. The van der Waals surface area contributed by atoms with Gasteiger partial charge in [0.2, 0.25) is 5.91 Å². The van der Waals surface area contributed by atoms with Crippen molar-refractivity contribution in [3.8, 4) is 5.75 Å². The molecule has 0 heterocycles. The first-order chi connectivity index (χ1) is 12.4. The van der Waals surface area contributed by atoms with Crippen molar-refractivity contribution in [1.29, 1.82) is 0 Å². The molecule has 0 aliphatic heterocycles. The summed E-state index contributed by atoms with van der Waals surface area (Å²) < 4.78 is 39.8. The number of ether oxygens (including phenoxy) is 1. The van der Waals surface area contributed by atoms with E-state index in [4.69, 9.17) is 15.0 Å². The van der Waals surface area contributed by atoms with Gasteiger partial charge in [-0.2, -0.15) is 8.42 Å². The molecule has 1 rings (SSSR count). The van der Waals surface area contributed by atoms with Crippen LogP contribution in [0.15, 0.2) is 22.7 Å². The Morgan fingerprint density at radius 3 is 2.48 bits per heavy atom. The second-order valence-electron chi connectivity index (χ2n) is 6.29. The molecule has 0 aliphatic rings. The van der Waals surface area contributed by atoms with Crippen LogP contribution in [-0.4, -0.2) is 50.1 Å². The van der Waals surface area contributed by atoms with Crippen LogP contribution in [0.25, 0.3) is 0 Å². The van der Waals surface area contributed by atoms with E-state index in [2.05, 4.69) is 20.1 Å². The van der Waals surface area contributed by atoms with Crippen LogP contribution in [-0.2, 0) is 19.4 Å². The van der Waals surface area contributed by atoms with E-state index >= 15 is 0 Å². The van der Waals surface area contributed by atoms with Gasteiger partial charge in [-0.25, -0.2) is 8.98 Å². The molecular weight excluding hydrogens is 444 g/mol. The zero-order valence-corrected chi connectivity index (χ0v) is 17.6. The first-order valence-electron chi connectivity index (χ1n) is 8.04. The highest BCUT2D eigenvalue weighted by Crippen LogP contribution is 2.35. The van der Waals surface area contributed by atoms with Gasteiger partial charge < -0.3 is 15.4 Å². The van der Waals surface area contributed by atoms with Gasteiger partial charge in [-0.15, -0.1) is 0 Å². The molecule has 27 heavy (non-hydrogen) atoms. The molecule has 1 aromatic carbocycles. The molecule has 0 saturated heterocycles. The average Bonchev–Trinajstić information content (AvgIpc) is 2.51. The lowest BCUT2D eigenvalue weighted by atomic mass is 9.88. The fraction of sp³-hybridized carbons (Fsp3) is 0.500. The van der Waals surface area contributed by atoms with Crippen molar-refractivity contribution in [3.63, 3.8) is 0 Å². The highest BCUT2D eigenvalue weighted by Gasteiger charge is 2.28. The molecule has 0 aliphatic carbocycles. The van der Waals surface area contributed by atoms with E-state index in [1.807, 2.05) is 13.8 Å². The molecule has 11 heteroatoms. The number of carbonyl (C=O) groups is 2. The number of hydrogen-bond donors (Lipinski definition) is 2.